The van der Waals surface area contributed by atoms with Crippen LogP contribution in [0.15, 0.2) is 41.2 Å². The van der Waals surface area contributed by atoms with Gasteiger partial charge in [0.05, 0.1) is 11.8 Å². The number of rotatable bonds is 5. The zero-order valence-corrected chi connectivity index (χ0v) is 16.2. The number of anilines is 1. The fraction of sp³-hybridized carbons (Fsp3) is 0.350. The van der Waals surface area contributed by atoms with E-state index in [9.17, 15) is 4.79 Å². The first-order valence-corrected chi connectivity index (χ1v) is 9.41. The highest BCUT2D eigenvalue weighted by Gasteiger charge is 2.31. The molecule has 0 aliphatic carbocycles. The van der Waals surface area contributed by atoms with E-state index in [1.54, 1.807) is 35.3 Å². The maximum atomic E-state index is 12.8. The third kappa shape index (κ3) is 3.96. The summed E-state index contributed by atoms with van der Waals surface area (Å²) in [5, 5.41) is 16.4. The van der Waals surface area contributed by atoms with Crippen LogP contribution in [0.5, 0.6) is 0 Å². The van der Waals surface area contributed by atoms with Crippen LogP contribution in [0.4, 0.5) is 5.82 Å². The van der Waals surface area contributed by atoms with E-state index in [1.165, 1.54) is 0 Å². The van der Waals surface area contributed by atoms with E-state index < -0.39 is 0 Å². The average molecular weight is 391 g/mol. The second kappa shape index (κ2) is 7.75. The number of furan rings is 1. The number of amides is 1. The predicted octanol–water partition coefficient (Wildman–Crippen LogP) is 2.30. The second-order valence-electron chi connectivity index (χ2n) is 7.18. The highest BCUT2D eigenvalue weighted by molar-refractivity contribution is 5.92. The first-order valence-electron chi connectivity index (χ1n) is 9.41. The van der Waals surface area contributed by atoms with Crippen LogP contribution in [-0.2, 0) is 7.05 Å². The monoisotopic (exact) mass is 391 g/mol. The van der Waals surface area contributed by atoms with Gasteiger partial charge in [0.25, 0.3) is 5.91 Å². The van der Waals surface area contributed by atoms with Crippen molar-refractivity contribution < 1.29 is 9.21 Å². The maximum Gasteiger partial charge on any atom is 0.289 e. The summed E-state index contributed by atoms with van der Waals surface area (Å²) in [5.74, 6) is 1.87. The summed E-state index contributed by atoms with van der Waals surface area (Å²) >= 11 is 0. The lowest BCUT2D eigenvalue weighted by atomic mass is 10.0. The van der Waals surface area contributed by atoms with Gasteiger partial charge >= 0.3 is 0 Å². The fourth-order valence-electron chi connectivity index (χ4n) is 3.54. The molecule has 1 aliphatic heterocycles. The van der Waals surface area contributed by atoms with Gasteiger partial charge in [-0.1, -0.05) is 0 Å². The van der Waals surface area contributed by atoms with Gasteiger partial charge in [0, 0.05) is 38.6 Å². The number of aryl methyl sites for hydroxylation is 1. The molecule has 2 atom stereocenters. The average Bonchev–Trinajstić information content (AvgIpc) is 3.47. The van der Waals surface area contributed by atoms with Gasteiger partial charge in [-0.05, 0) is 37.5 Å². The number of carbonyl (C=O) groups is 1. The summed E-state index contributed by atoms with van der Waals surface area (Å²) < 4.78 is 7.46. The van der Waals surface area contributed by atoms with Crippen LogP contribution >= 0.6 is 0 Å². The van der Waals surface area contributed by atoms with Crippen molar-refractivity contribution in [3.8, 4) is 17.4 Å². The van der Waals surface area contributed by atoms with E-state index in [1.807, 2.05) is 24.2 Å². The number of hydrogen-bond donors (Lipinski definition) is 1. The van der Waals surface area contributed by atoms with Gasteiger partial charge in [-0.3, -0.25) is 9.48 Å². The van der Waals surface area contributed by atoms with Gasteiger partial charge in [-0.15, -0.1) is 0 Å². The van der Waals surface area contributed by atoms with Gasteiger partial charge < -0.3 is 14.6 Å². The molecule has 1 fully saturated rings. The van der Waals surface area contributed by atoms with Crippen molar-refractivity contribution in [2.75, 3.05) is 18.4 Å². The van der Waals surface area contributed by atoms with Gasteiger partial charge in [0.15, 0.2) is 5.76 Å². The minimum absolute atomic E-state index is 0.0943. The minimum atomic E-state index is -0.108. The topological polar surface area (TPSA) is 113 Å². The summed E-state index contributed by atoms with van der Waals surface area (Å²) in [6, 6.07) is 7.27. The summed E-state index contributed by atoms with van der Waals surface area (Å²) in [7, 11) is 1.83. The molecule has 148 valence electrons. The Morgan fingerprint density at radius 1 is 1.41 bits per heavy atom. The standard InChI is InChI=1S/C20H21N7O2/c1-13(24-18-5-7-22-19(9-21)25-18)14-6-8-27(12-14)20(28)17-4-3-16(29-17)15-10-23-26(2)11-15/h3-5,7,10-11,13-14H,6,8,12H2,1-2H3,(H,22,24,25). The number of nitriles is 1. The quantitative estimate of drug-likeness (QED) is 0.710. The smallest absolute Gasteiger partial charge is 0.289 e. The molecule has 4 heterocycles. The van der Waals surface area contributed by atoms with Crippen molar-refractivity contribution in [1.82, 2.24) is 24.6 Å². The predicted molar refractivity (Wildman–Crippen MR) is 105 cm³/mol. The van der Waals surface area contributed by atoms with Crippen LogP contribution in [0.1, 0.15) is 29.7 Å². The van der Waals surface area contributed by atoms with Gasteiger partial charge in [0.1, 0.15) is 17.6 Å². The number of nitrogens with zero attached hydrogens (tertiary/aromatic N) is 6. The molecule has 1 amide bonds. The zero-order chi connectivity index (χ0) is 20.4. The lowest BCUT2D eigenvalue weighted by molar-refractivity contribution is 0.0755. The van der Waals surface area contributed by atoms with Crippen molar-refractivity contribution in [2.24, 2.45) is 13.0 Å². The zero-order valence-electron chi connectivity index (χ0n) is 16.2. The van der Waals surface area contributed by atoms with E-state index in [-0.39, 0.29) is 23.7 Å². The molecule has 0 bridgehead atoms. The SMILES string of the molecule is CC(Nc1ccnc(C#N)n1)C1CCN(C(=O)c2ccc(-c3cnn(C)c3)o2)C1. The molecule has 9 nitrogen and oxygen atoms in total. The lowest BCUT2D eigenvalue weighted by Crippen LogP contribution is -2.32. The highest BCUT2D eigenvalue weighted by atomic mass is 16.4. The molecule has 0 spiro atoms. The van der Waals surface area contributed by atoms with Gasteiger partial charge in [-0.2, -0.15) is 10.4 Å². The number of nitrogens with one attached hydrogen (secondary N) is 1. The van der Waals surface area contributed by atoms with E-state index in [0.29, 0.717) is 30.4 Å². The van der Waals surface area contributed by atoms with Crippen LogP contribution in [-0.4, -0.2) is 49.7 Å². The largest absolute Gasteiger partial charge is 0.451 e. The third-order valence-corrected chi connectivity index (χ3v) is 5.16. The summed E-state index contributed by atoms with van der Waals surface area (Å²) in [4.78, 5) is 22.7. The Labute approximate surface area is 168 Å². The Balaban J connectivity index is 1.38. The molecule has 2 unspecified atom stereocenters. The molecule has 1 aliphatic rings. The molecule has 1 saturated heterocycles. The maximum absolute atomic E-state index is 12.8. The Morgan fingerprint density at radius 2 is 2.28 bits per heavy atom. The van der Waals surface area contributed by atoms with Crippen molar-refractivity contribution in [2.45, 2.75) is 19.4 Å². The Morgan fingerprint density at radius 3 is 3.03 bits per heavy atom. The van der Waals surface area contributed by atoms with E-state index in [4.69, 9.17) is 9.68 Å². The molecule has 3 aromatic rings. The van der Waals surface area contributed by atoms with Crippen molar-refractivity contribution >= 4 is 11.7 Å². The number of aromatic nitrogens is 4. The molecule has 0 aromatic carbocycles. The van der Waals surface area contributed by atoms with E-state index in [0.717, 1.165) is 12.0 Å². The summed E-state index contributed by atoms with van der Waals surface area (Å²) in [6.45, 7) is 3.36. The molecule has 29 heavy (non-hydrogen) atoms. The summed E-state index contributed by atoms with van der Waals surface area (Å²) in [5.41, 5.74) is 0.838. The molecular weight excluding hydrogens is 370 g/mol. The minimum Gasteiger partial charge on any atom is -0.451 e. The highest BCUT2D eigenvalue weighted by Crippen LogP contribution is 2.26. The number of hydrogen-bond acceptors (Lipinski definition) is 7. The second-order valence-corrected chi connectivity index (χ2v) is 7.18. The molecular formula is C20H21N7O2. The summed E-state index contributed by atoms with van der Waals surface area (Å²) in [6.07, 6.45) is 5.99. The Bertz CT molecular complexity index is 1060. The van der Waals surface area contributed by atoms with Gasteiger partial charge in [0.2, 0.25) is 5.82 Å². The third-order valence-electron chi connectivity index (χ3n) is 5.16. The fourth-order valence-corrected chi connectivity index (χ4v) is 3.54. The van der Waals surface area contributed by atoms with E-state index in [2.05, 4.69) is 27.3 Å². The molecule has 9 heteroatoms. The Hall–Kier alpha value is -3.67. The number of likely N-dealkylation sites (tertiary alicyclic amines) is 1. The van der Waals surface area contributed by atoms with Gasteiger partial charge in [-0.25, -0.2) is 9.97 Å². The molecule has 0 saturated carbocycles. The van der Waals surface area contributed by atoms with E-state index >= 15 is 0 Å². The Kier molecular flexibility index (Phi) is 4.99. The van der Waals surface area contributed by atoms with Crippen LogP contribution < -0.4 is 5.32 Å². The van der Waals surface area contributed by atoms with Crippen molar-refractivity contribution in [3.05, 3.63) is 48.4 Å². The van der Waals surface area contributed by atoms with Crippen LogP contribution in [0.3, 0.4) is 0 Å². The molecule has 1 N–H and O–H groups in total. The van der Waals surface area contributed by atoms with Crippen LogP contribution in [0, 0.1) is 17.2 Å². The first-order chi connectivity index (χ1) is 14.0. The molecule has 3 aromatic heterocycles. The molecule has 0 radical (unpaired) electrons. The lowest BCUT2D eigenvalue weighted by Gasteiger charge is -2.21. The van der Waals surface area contributed by atoms with Crippen LogP contribution in [0.25, 0.3) is 11.3 Å². The van der Waals surface area contributed by atoms with Crippen molar-refractivity contribution in [1.29, 1.82) is 5.26 Å². The number of carbonyl (C=O) groups excluding carboxylic acids is 1. The van der Waals surface area contributed by atoms with Crippen molar-refractivity contribution in [3.63, 3.8) is 0 Å². The normalized spacial score (nSPS) is 17.1. The first kappa shape index (κ1) is 18.7. The van der Waals surface area contributed by atoms with Crippen LogP contribution in [0.2, 0.25) is 0 Å². The molecule has 4 rings (SSSR count).